The van der Waals surface area contributed by atoms with E-state index in [1.807, 2.05) is 40.8 Å². The van der Waals surface area contributed by atoms with Crippen molar-refractivity contribution in [2.45, 2.75) is 53.1 Å². The zero-order valence-electron chi connectivity index (χ0n) is 21.7. The number of aryl methyl sites for hydroxylation is 2. The van der Waals surface area contributed by atoms with Crippen molar-refractivity contribution in [3.63, 3.8) is 0 Å². The molecular formula is C24H37N7O2S2. The third kappa shape index (κ3) is 6.93. The summed E-state index contributed by atoms with van der Waals surface area (Å²) in [5.41, 5.74) is 2.74. The highest BCUT2D eigenvalue weighted by Crippen LogP contribution is 2.36. The number of hydrogen-bond acceptors (Lipinski definition) is 9. The van der Waals surface area contributed by atoms with Crippen LogP contribution in [0.25, 0.3) is 20.8 Å². The molecule has 0 saturated heterocycles. The van der Waals surface area contributed by atoms with Crippen LogP contribution in [0.15, 0.2) is 12.3 Å². The fourth-order valence-corrected chi connectivity index (χ4v) is 5.46. The van der Waals surface area contributed by atoms with Crippen LogP contribution in [0.1, 0.15) is 45.0 Å². The molecule has 3 rings (SSSR count). The molecule has 192 valence electrons. The molecule has 9 nitrogen and oxygen atoms in total. The topological polar surface area (TPSA) is 116 Å². The van der Waals surface area contributed by atoms with Crippen molar-refractivity contribution in [3.8, 4) is 10.6 Å². The molecule has 0 aliphatic heterocycles. The lowest BCUT2D eigenvalue weighted by atomic mass is 9.86. The van der Waals surface area contributed by atoms with E-state index in [9.17, 15) is 9.32 Å². The Balaban J connectivity index is 1.91. The number of aromatic nitrogens is 4. The summed E-state index contributed by atoms with van der Waals surface area (Å²) in [7, 11) is 0.791. The first-order valence-electron chi connectivity index (χ1n) is 11.9. The largest absolute Gasteiger partial charge is 0.390 e. The van der Waals surface area contributed by atoms with Crippen LogP contribution in [0.2, 0.25) is 0 Å². The maximum Gasteiger partial charge on any atom is 0.224 e. The van der Waals surface area contributed by atoms with Gasteiger partial charge in [-0.15, -0.1) is 11.3 Å². The van der Waals surface area contributed by atoms with E-state index in [2.05, 4.69) is 22.5 Å². The van der Waals surface area contributed by atoms with Crippen LogP contribution in [-0.4, -0.2) is 72.1 Å². The smallest absolute Gasteiger partial charge is 0.224 e. The highest BCUT2D eigenvalue weighted by atomic mass is 32.2. The Labute approximate surface area is 214 Å². The van der Waals surface area contributed by atoms with E-state index in [0.29, 0.717) is 31.4 Å². The van der Waals surface area contributed by atoms with Gasteiger partial charge in [-0.1, -0.05) is 13.3 Å². The number of anilines is 2. The Kier molecular flexibility index (Phi) is 9.14. The molecule has 0 bridgehead atoms. The van der Waals surface area contributed by atoms with Crippen molar-refractivity contribution in [2.75, 3.05) is 43.6 Å². The van der Waals surface area contributed by atoms with Gasteiger partial charge in [0.15, 0.2) is 0 Å². The number of nitrogens with zero attached hydrogens (tertiary/aromatic N) is 5. The molecule has 35 heavy (non-hydrogen) atoms. The van der Waals surface area contributed by atoms with Crippen molar-refractivity contribution in [2.24, 2.45) is 5.92 Å². The Hall–Kier alpha value is -2.21. The van der Waals surface area contributed by atoms with Crippen LogP contribution in [0, 0.1) is 19.8 Å². The Bertz CT molecular complexity index is 1180. The second-order valence-electron chi connectivity index (χ2n) is 9.29. The van der Waals surface area contributed by atoms with Gasteiger partial charge in [-0.2, -0.15) is 4.98 Å². The minimum Gasteiger partial charge on any atom is -0.390 e. The first-order valence-corrected chi connectivity index (χ1v) is 14.2. The highest BCUT2D eigenvalue weighted by Gasteiger charge is 2.25. The molecule has 3 heterocycles. The predicted octanol–water partition coefficient (Wildman–Crippen LogP) is 4.00. The fourth-order valence-electron chi connectivity index (χ4n) is 4.00. The van der Waals surface area contributed by atoms with E-state index in [1.165, 1.54) is 0 Å². The van der Waals surface area contributed by atoms with Gasteiger partial charge in [0.1, 0.15) is 16.3 Å². The summed E-state index contributed by atoms with van der Waals surface area (Å²) in [5, 5.41) is 18.1. The first-order chi connectivity index (χ1) is 16.5. The number of hydrogen-bond donors (Lipinski definition) is 3. The minimum absolute atomic E-state index is 0.167. The molecule has 0 aliphatic rings. The lowest BCUT2D eigenvalue weighted by Crippen LogP contribution is -2.32. The van der Waals surface area contributed by atoms with Crippen LogP contribution in [0.3, 0.4) is 0 Å². The number of nitrogens with one attached hydrogen (secondary N) is 2. The summed E-state index contributed by atoms with van der Waals surface area (Å²) in [6, 6.07) is 1.98. The van der Waals surface area contributed by atoms with Gasteiger partial charge >= 0.3 is 0 Å². The summed E-state index contributed by atoms with van der Waals surface area (Å²) >= 11 is 1.60. The summed E-state index contributed by atoms with van der Waals surface area (Å²) in [6.45, 7) is 11.6. The van der Waals surface area contributed by atoms with Gasteiger partial charge in [0.25, 0.3) is 0 Å². The van der Waals surface area contributed by atoms with E-state index in [0.717, 1.165) is 45.0 Å². The monoisotopic (exact) mass is 519 g/mol. The fraction of sp³-hybridized carbons (Fsp3) is 0.583. The molecule has 3 N–H and O–H groups in total. The average molecular weight is 520 g/mol. The lowest BCUT2D eigenvalue weighted by Gasteiger charge is -2.28. The number of fused-ring (bicyclic) bond motifs is 1. The zero-order valence-corrected chi connectivity index (χ0v) is 23.3. The summed E-state index contributed by atoms with van der Waals surface area (Å²) < 4.78 is 14.4. The second kappa shape index (κ2) is 11.7. The molecule has 0 aromatic carbocycles. The van der Waals surface area contributed by atoms with Gasteiger partial charge in [0.2, 0.25) is 5.95 Å². The van der Waals surface area contributed by atoms with Crippen LogP contribution in [-0.2, 0) is 11.0 Å². The Morgan fingerprint density at radius 1 is 1.17 bits per heavy atom. The van der Waals surface area contributed by atoms with Gasteiger partial charge in [-0.05, 0) is 53.1 Å². The number of aliphatic hydroxyl groups is 1. The molecule has 0 aliphatic carbocycles. The Morgan fingerprint density at radius 3 is 2.54 bits per heavy atom. The van der Waals surface area contributed by atoms with Crippen molar-refractivity contribution >= 4 is 44.3 Å². The molecule has 11 heteroatoms. The maximum absolute atomic E-state index is 11.6. The van der Waals surface area contributed by atoms with E-state index >= 15 is 0 Å². The van der Waals surface area contributed by atoms with E-state index in [-0.39, 0.29) is 5.92 Å². The minimum atomic E-state index is -1.03. The molecule has 0 spiro atoms. The molecule has 2 atom stereocenters. The van der Waals surface area contributed by atoms with Gasteiger partial charge in [-0.25, -0.2) is 18.5 Å². The molecular weight excluding hydrogens is 482 g/mol. The quantitative estimate of drug-likeness (QED) is 0.329. The molecule has 0 saturated carbocycles. The van der Waals surface area contributed by atoms with Crippen molar-refractivity contribution in [3.05, 3.63) is 23.7 Å². The summed E-state index contributed by atoms with van der Waals surface area (Å²) in [5.74, 6) is 1.39. The van der Waals surface area contributed by atoms with Crippen LogP contribution >= 0.6 is 11.3 Å². The van der Waals surface area contributed by atoms with Gasteiger partial charge in [0, 0.05) is 32.1 Å². The van der Waals surface area contributed by atoms with Crippen molar-refractivity contribution in [1.29, 1.82) is 0 Å². The summed E-state index contributed by atoms with van der Waals surface area (Å²) in [4.78, 5) is 18.7. The second-order valence-corrected chi connectivity index (χ2v) is 11.8. The molecule has 0 fully saturated rings. The molecule has 3 aromatic rings. The van der Waals surface area contributed by atoms with Crippen molar-refractivity contribution < 1.29 is 9.32 Å². The van der Waals surface area contributed by atoms with Crippen molar-refractivity contribution in [1.82, 2.24) is 24.2 Å². The van der Waals surface area contributed by atoms with E-state index < -0.39 is 16.6 Å². The molecule has 0 radical (unpaired) electrons. The maximum atomic E-state index is 11.6. The van der Waals surface area contributed by atoms with Crippen LogP contribution in [0.4, 0.5) is 11.8 Å². The van der Waals surface area contributed by atoms with Crippen LogP contribution < -0.4 is 10.6 Å². The number of likely N-dealkylation sites (N-methyl/N-ethyl adjacent to an activating group) is 1. The lowest BCUT2D eigenvalue weighted by molar-refractivity contribution is 0.0130. The SMILES string of the molecule is CCC(CCNc1nc(NCCN(C)S(C)=O)nc(C)c1-c1nc2c(C)nccc2s1)C(C)(C)O. The standard InChI is InChI=1S/C24H37N7O2S2/c1-8-17(24(4,5)32)9-11-26-21-19(22-29-20-16(3)25-12-10-18(20)34-22)15(2)28-23(30-21)27-13-14-31(6)35(7)33/h10,12,17,32H,8-9,11,13-14H2,1-7H3,(H2,26,27,28,30). The predicted molar refractivity (Wildman–Crippen MR) is 146 cm³/mol. The normalized spacial score (nSPS) is 13.9. The first kappa shape index (κ1) is 27.4. The molecule has 2 unspecified atom stereocenters. The van der Waals surface area contributed by atoms with Crippen LogP contribution in [0.5, 0.6) is 0 Å². The number of pyridine rings is 1. The zero-order chi connectivity index (χ0) is 25.8. The summed E-state index contributed by atoms with van der Waals surface area (Å²) in [6.07, 6.45) is 5.16. The third-order valence-corrected chi connectivity index (χ3v) is 8.32. The van der Waals surface area contributed by atoms with E-state index in [1.54, 1.807) is 28.1 Å². The van der Waals surface area contributed by atoms with Gasteiger partial charge < -0.3 is 15.7 Å². The Morgan fingerprint density at radius 2 is 1.91 bits per heavy atom. The number of rotatable bonds is 12. The van der Waals surface area contributed by atoms with Gasteiger partial charge in [0.05, 0.1) is 38.2 Å². The average Bonchev–Trinajstić information content (AvgIpc) is 3.20. The van der Waals surface area contributed by atoms with E-state index in [4.69, 9.17) is 15.0 Å². The molecule has 3 aromatic heterocycles. The van der Waals surface area contributed by atoms with Gasteiger partial charge in [-0.3, -0.25) is 4.98 Å². The highest BCUT2D eigenvalue weighted by molar-refractivity contribution is 7.81. The molecule has 0 amide bonds. The third-order valence-electron chi connectivity index (χ3n) is 6.22. The number of thiazole rings is 1.